The lowest BCUT2D eigenvalue weighted by Gasteiger charge is -2.21. The number of hydrogen-bond acceptors (Lipinski definition) is 6. The Morgan fingerprint density at radius 3 is 2.80 bits per heavy atom. The van der Waals surface area contributed by atoms with Gasteiger partial charge in [-0.1, -0.05) is 6.92 Å². The van der Waals surface area contributed by atoms with E-state index < -0.39 is 4.92 Å². The van der Waals surface area contributed by atoms with E-state index in [4.69, 9.17) is 0 Å². The third kappa shape index (κ3) is 3.55. The molecule has 1 fully saturated rings. The van der Waals surface area contributed by atoms with Gasteiger partial charge in [-0.2, -0.15) is 4.98 Å². The van der Waals surface area contributed by atoms with Gasteiger partial charge in [0.2, 0.25) is 11.8 Å². The van der Waals surface area contributed by atoms with E-state index >= 15 is 0 Å². The molecule has 1 aliphatic rings. The predicted octanol–water partition coefficient (Wildman–Crippen LogP) is 2.44. The Balaban J connectivity index is 2.26. The molecule has 20 heavy (non-hydrogen) atoms. The highest BCUT2D eigenvalue weighted by Crippen LogP contribution is 2.33. The highest BCUT2D eigenvalue weighted by Gasteiger charge is 2.28. The van der Waals surface area contributed by atoms with Crippen LogP contribution in [0.25, 0.3) is 0 Å². The van der Waals surface area contributed by atoms with Crippen LogP contribution in [0.15, 0.2) is 6.20 Å². The monoisotopic (exact) mass is 279 g/mol. The Kier molecular flexibility index (Phi) is 4.70. The van der Waals surface area contributed by atoms with Crippen LogP contribution in [0.3, 0.4) is 0 Å². The Morgan fingerprint density at radius 1 is 1.50 bits per heavy atom. The second-order valence-electron chi connectivity index (χ2n) is 5.07. The molecule has 0 radical (unpaired) electrons. The van der Waals surface area contributed by atoms with E-state index in [-0.39, 0.29) is 5.69 Å². The average Bonchev–Trinajstić information content (AvgIpc) is 3.26. The number of aromatic nitrogens is 2. The van der Waals surface area contributed by atoms with Gasteiger partial charge < -0.3 is 10.2 Å². The largest absolute Gasteiger partial charge is 0.354 e. The van der Waals surface area contributed by atoms with Gasteiger partial charge in [0.05, 0.1) is 4.92 Å². The minimum absolute atomic E-state index is 0.0189. The van der Waals surface area contributed by atoms with Gasteiger partial charge in [0, 0.05) is 19.6 Å². The molecule has 0 aromatic carbocycles. The van der Waals surface area contributed by atoms with E-state index in [1.165, 1.54) is 19.0 Å². The van der Waals surface area contributed by atoms with Gasteiger partial charge in [-0.3, -0.25) is 10.1 Å². The summed E-state index contributed by atoms with van der Waals surface area (Å²) in [7, 11) is 0. The van der Waals surface area contributed by atoms with Gasteiger partial charge in [0.1, 0.15) is 6.20 Å². The summed E-state index contributed by atoms with van der Waals surface area (Å²) in [5.74, 6) is 1.54. The highest BCUT2D eigenvalue weighted by molar-refractivity contribution is 5.59. The SMILES string of the molecule is CCCNc1ncc([N+](=O)[O-])c(N(CC)CC2CC2)n1. The van der Waals surface area contributed by atoms with Gasteiger partial charge in [-0.15, -0.1) is 0 Å². The zero-order valence-corrected chi connectivity index (χ0v) is 12.0. The minimum Gasteiger partial charge on any atom is -0.354 e. The van der Waals surface area contributed by atoms with E-state index in [1.807, 2.05) is 18.7 Å². The van der Waals surface area contributed by atoms with Crippen LogP contribution >= 0.6 is 0 Å². The average molecular weight is 279 g/mol. The first-order valence-corrected chi connectivity index (χ1v) is 7.16. The second-order valence-corrected chi connectivity index (χ2v) is 5.07. The van der Waals surface area contributed by atoms with Crippen LogP contribution in [0.1, 0.15) is 33.1 Å². The zero-order valence-electron chi connectivity index (χ0n) is 12.0. The van der Waals surface area contributed by atoms with Crippen LogP contribution in [0.4, 0.5) is 17.5 Å². The maximum atomic E-state index is 11.1. The molecule has 0 spiro atoms. The molecule has 1 saturated carbocycles. The smallest absolute Gasteiger partial charge is 0.329 e. The van der Waals surface area contributed by atoms with Crippen molar-refractivity contribution in [1.82, 2.24) is 9.97 Å². The molecule has 110 valence electrons. The molecule has 1 aliphatic carbocycles. The lowest BCUT2D eigenvalue weighted by molar-refractivity contribution is -0.384. The number of anilines is 2. The lowest BCUT2D eigenvalue weighted by atomic mass is 10.3. The molecular formula is C13H21N5O2. The summed E-state index contributed by atoms with van der Waals surface area (Å²) in [5, 5.41) is 14.2. The van der Waals surface area contributed by atoms with Crippen LogP contribution in [-0.4, -0.2) is 34.5 Å². The first-order chi connectivity index (χ1) is 9.65. The van der Waals surface area contributed by atoms with Crippen molar-refractivity contribution in [2.75, 3.05) is 29.9 Å². The summed E-state index contributed by atoms with van der Waals surface area (Å²) >= 11 is 0. The van der Waals surface area contributed by atoms with Crippen LogP contribution in [-0.2, 0) is 0 Å². The molecule has 0 saturated heterocycles. The van der Waals surface area contributed by atoms with E-state index in [2.05, 4.69) is 15.3 Å². The Bertz CT molecular complexity index is 476. The van der Waals surface area contributed by atoms with E-state index in [0.29, 0.717) is 24.2 Å². The van der Waals surface area contributed by atoms with Crippen LogP contribution in [0, 0.1) is 16.0 Å². The van der Waals surface area contributed by atoms with Gasteiger partial charge in [0.25, 0.3) is 0 Å². The van der Waals surface area contributed by atoms with Crippen molar-refractivity contribution in [2.45, 2.75) is 33.1 Å². The molecule has 7 nitrogen and oxygen atoms in total. The topological polar surface area (TPSA) is 84.2 Å². The normalized spacial score (nSPS) is 14.1. The molecule has 1 aromatic rings. The van der Waals surface area contributed by atoms with Crippen LogP contribution in [0.2, 0.25) is 0 Å². The fraction of sp³-hybridized carbons (Fsp3) is 0.692. The number of hydrogen-bond donors (Lipinski definition) is 1. The summed E-state index contributed by atoms with van der Waals surface area (Å²) in [4.78, 5) is 21.1. The number of nitrogens with zero attached hydrogens (tertiary/aromatic N) is 4. The molecule has 0 atom stereocenters. The molecule has 1 N–H and O–H groups in total. The van der Waals surface area contributed by atoms with Crippen molar-refractivity contribution in [2.24, 2.45) is 5.92 Å². The molecule has 2 rings (SSSR count). The van der Waals surface area contributed by atoms with Gasteiger partial charge >= 0.3 is 5.69 Å². The van der Waals surface area contributed by atoms with E-state index in [1.54, 1.807) is 0 Å². The maximum absolute atomic E-state index is 11.1. The third-order valence-corrected chi connectivity index (χ3v) is 3.34. The van der Waals surface area contributed by atoms with Crippen molar-refractivity contribution in [1.29, 1.82) is 0 Å². The summed E-state index contributed by atoms with van der Waals surface area (Å²) in [6, 6.07) is 0. The molecule has 7 heteroatoms. The molecular weight excluding hydrogens is 258 g/mol. The Morgan fingerprint density at radius 2 is 2.25 bits per heavy atom. The molecule has 0 unspecified atom stereocenters. The highest BCUT2D eigenvalue weighted by atomic mass is 16.6. The van der Waals surface area contributed by atoms with Gasteiger partial charge in [0.15, 0.2) is 0 Å². The minimum atomic E-state index is -0.408. The fourth-order valence-electron chi connectivity index (χ4n) is 2.03. The van der Waals surface area contributed by atoms with Crippen molar-refractivity contribution >= 4 is 17.5 Å². The maximum Gasteiger partial charge on any atom is 0.329 e. The molecule has 0 amide bonds. The summed E-state index contributed by atoms with van der Waals surface area (Å²) in [6.45, 7) is 6.34. The molecule has 1 heterocycles. The Labute approximate surface area is 118 Å². The third-order valence-electron chi connectivity index (χ3n) is 3.34. The standard InChI is InChI=1S/C13H21N5O2/c1-3-7-14-13-15-8-11(18(19)20)12(16-13)17(4-2)9-10-5-6-10/h8,10H,3-7,9H2,1-2H3,(H,14,15,16). The van der Waals surface area contributed by atoms with Crippen LogP contribution in [0.5, 0.6) is 0 Å². The fourth-order valence-corrected chi connectivity index (χ4v) is 2.03. The molecule has 0 bridgehead atoms. The van der Waals surface area contributed by atoms with Gasteiger partial charge in [-0.05, 0) is 32.1 Å². The summed E-state index contributed by atoms with van der Waals surface area (Å²) in [6.07, 6.45) is 4.66. The van der Waals surface area contributed by atoms with Crippen molar-refractivity contribution in [3.05, 3.63) is 16.3 Å². The van der Waals surface area contributed by atoms with Crippen LogP contribution < -0.4 is 10.2 Å². The Hall–Kier alpha value is -1.92. The second kappa shape index (κ2) is 6.49. The first-order valence-electron chi connectivity index (χ1n) is 7.16. The number of nitrogens with one attached hydrogen (secondary N) is 1. The van der Waals surface area contributed by atoms with Crippen molar-refractivity contribution < 1.29 is 4.92 Å². The van der Waals surface area contributed by atoms with Gasteiger partial charge in [-0.25, -0.2) is 4.98 Å². The van der Waals surface area contributed by atoms with E-state index in [9.17, 15) is 10.1 Å². The summed E-state index contributed by atoms with van der Waals surface area (Å²) in [5.41, 5.74) is -0.0189. The number of nitro groups is 1. The molecule has 0 aliphatic heterocycles. The van der Waals surface area contributed by atoms with Crippen molar-refractivity contribution in [3.8, 4) is 0 Å². The first kappa shape index (κ1) is 14.5. The van der Waals surface area contributed by atoms with E-state index in [0.717, 1.165) is 19.5 Å². The summed E-state index contributed by atoms with van der Waals surface area (Å²) < 4.78 is 0. The van der Waals surface area contributed by atoms with Crippen molar-refractivity contribution in [3.63, 3.8) is 0 Å². The predicted molar refractivity (Wildman–Crippen MR) is 78.1 cm³/mol. The zero-order chi connectivity index (χ0) is 14.5. The number of rotatable bonds is 8. The quantitative estimate of drug-likeness (QED) is 0.581. The molecule has 1 aromatic heterocycles. The lowest BCUT2D eigenvalue weighted by Crippen LogP contribution is -2.27.